The molecule has 2 aromatic rings. The predicted molar refractivity (Wildman–Crippen MR) is 105 cm³/mol. The van der Waals surface area contributed by atoms with Gasteiger partial charge in [-0.1, -0.05) is 44.2 Å². The molecule has 1 aliphatic carbocycles. The van der Waals surface area contributed by atoms with E-state index in [9.17, 15) is 19.2 Å². The summed E-state index contributed by atoms with van der Waals surface area (Å²) in [5.74, 6) is -2.58. The van der Waals surface area contributed by atoms with E-state index < -0.39 is 29.1 Å². The topological polar surface area (TPSA) is 86.7 Å². The van der Waals surface area contributed by atoms with Crippen LogP contribution in [0.4, 0.5) is 0 Å². The van der Waals surface area contributed by atoms with Crippen molar-refractivity contribution < 1.29 is 28.7 Å². The van der Waals surface area contributed by atoms with Crippen LogP contribution in [-0.2, 0) is 19.9 Å². The van der Waals surface area contributed by atoms with Gasteiger partial charge in [0.25, 0.3) is 5.60 Å². The highest BCUT2D eigenvalue weighted by molar-refractivity contribution is 6.32. The average Bonchev–Trinajstić information content (AvgIpc) is 2.89. The Morgan fingerprint density at radius 3 is 2.03 bits per heavy atom. The monoisotopic (exact) mass is 394 g/mol. The zero-order valence-electron chi connectivity index (χ0n) is 16.8. The summed E-state index contributed by atoms with van der Waals surface area (Å²) >= 11 is 0. The molecule has 0 saturated carbocycles. The lowest BCUT2D eigenvalue weighted by molar-refractivity contribution is -0.149. The fourth-order valence-electron chi connectivity index (χ4n) is 3.58. The van der Waals surface area contributed by atoms with Crippen molar-refractivity contribution in [2.24, 2.45) is 0 Å². The molecule has 0 amide bonds. The molecule has 1 aliphatic rings. The van der Waals surface area contributed by atoms with Gasteiger partial charge in [-0.3, -0.25) is 19.2 Å². The summed E-state index contributed by atoms with van der Waals surface area (Å²) in [6.07, 6.45) is 0.815. The Labute approximate surface area is 168 Å². The van der Waals surface area contributed by atoms with Crippen LogP contribution in [0.15, 0.2) is 42.5 Å². The number of benzene rings is 2. The second-order valence-corrected chi connectivity index (χ2v) is 7.14. The highest BCUT2D eigenvalue weighted by atomic mass is 16.6. The van der Waals surface area contributed by atoms with Gasteiger partial charge in [0.05, 0.1) is 5.56 Å². The second-order valence-electron chi connectivity index (χ2n) is 7.14. The van der Waals surface area contributed by atoms with Gasteiger partial charge in [-0.05, 0) is 30.0 Å². The number of carbonyl (C=O) groups excluding carboxylic acids is 4. The molecule has 3 rings (SSSR count). The Balaban J connectivity index is 2.33. The summed E-state index contributed by atoms with van der Waals surface area (Å²) in [5.41, 5.74) is -0.986. The molecule has 1 atom stereocenters. The van der Waals surface area contributed by atoms with Crippen LogP contribution in [0.1, 0.15) is 71.9 Å². The van der Waals surface area contributed by atoms with Crippen LogP contribution >= 0.6 is 0 Å². The van der Waals surface area contributed by atoms with Gasteiger partial charge in [-0.2, -0.15) is 0 Å². The molecule has 1 unspecified atom stereocenters. The van der Waals surface area contributed by atoms with Crippen LogP contribution < -0.4 is 4.74 Å². The zero-order valence-corrected chi connectivity index (χ0v) is 16.8. The van der Waals surface area contributed by atoms with E-state index in [4.69, 9.17) is 9.47 Å². The summed E-state index contributed by atoms with van der Waals surface area (Å²) < 4.78 is 10.7. The molecule has 0 aliphatic heterocycles. The first-order valence-corrected chi connectivity index (χ1v) is 9.43. The number of esters is 2. The largest absolute Gasteiger partial charge is 0.437 e. The molecular formula is C23H22O6. The summed E-state index contributed by atoms with van der Waals surface area (Å²) in [7, 11) is 0. The minimum atomic E-state index is -2.22. The molecule has 6 nitrogen and oxygen atoms in total. The molecule has 6 heteroatoms. The van der Waals surface area contributed by atoms with E-state index in [0.717, 1.165) is 18.9 Å². The first-order chi connectivity index (χ1) is 13.7. The number of ketones is 2. The van der Waals surface area contributed by atoms with Gasteiger partial charge in [-0.25, -0.2) is 0 Å². The Morgan fingerprint density at radius 1 is 0.966 bits per heavy atom. The molecule has 0 N–H and O–H groups in total. The van der Waals surface area contributed by atoms with Crippen molar-refractivity contribution in [3.05, 3.63) is 64.7 Å². The maximum absolute atomic E-state index is 13.4. The fraction of sp³-hybridized carbons (Fsp3) is 0.304. The third kappa shape index (κ3) is 3.35. The average molecular weight is 394 g/mol. The molecule has 0 fully saturated rings. The van der Waals surface area contributed by atoms with Crippen molar-refractivity contribution in [2.75, 3.05) is 0 Å². The summed E-state index contributed by atoms with van der Waals surface area (Å²) in [5, 5.41) is 0. The smallest absolute Gasteiger partial charge is 0.308 e. The fourth-order valence-corrected chi connectivity index (χ4v) is 3.58. The Morgan fingerprint density at radius 2 is 1.55 bits per heavy atom. The number of Topliss-reactive ketones (excluding diaryl/α,β-unsaturated/α-hetero) is 2. The lowest BCUT2D eigenvalue weighted by Gasteiger charge is -2.28. The molecule has 0 saturated heterocycles. The van der Waals surface area contributed by atoms with Crippen LogP contribution in [0.3, 0.4) is 0 Å². The third-order valence-corrected chi connectivity index (χ3v) is 5.17. The molecule has 150 valence electrons. The maximum Gasteiger partial charge on any atom is 0.308 e. The van der Waals surface area contributed by atoms with Crippen molar-refractivity contribution >= 4 is 23.5 Å². The van der Waals surface area contributed by atoms with Crippen LogP contribution in [0.2, 0.25) is 0 Å². The number of carbonyl (C=O) groups is 4. The van der Waals surface area contributed by atoms with Crippen molar-refractivity contribution in [1.29, 1.82) is 0 Å². The van der Waals surface area contributed by atoms with E-state index in [0.29, 0.717) is 0 Å². The van der Waals surface area contributed by atoms with E-state index in [-0.39, 0.29) is 28.4 Å². The van der Waals surface area contributed by atoms with E-state index in [1.54, 1.807) is 24.3 Å². The first kappa shape index (κ1) is 20.5. The summed E-state index contributed by atoms with van der Waals surface area (Å²) in [6, 6.07) is 11.2. The van der Waals surface area contributed by atoms with Crippen molar-refractivity contribution in [2.45, 2.75) is 45.6 Å². The van der Waals surface area contributed by atoms with E-state index in [1.165, 1.54) is 25.1 Å². The highest BCUT2D eigenvalue weighted by Gasteiger charge is 2.59. The lowest BCUT2D eigenvalue weighted by atomic mass is 9.84. The zero-order chi connectivity index (χ0) is 21.3. The molecule has 29 heavy (non-hydrogen) atoms. The molecule has 0 spiro atoms. The normalized spacial score (nSPS) is 15.6. The molecule has 0 radical (unpaired) electrons. The van der Waals surface area contributed by atoms with E-state index in [2.05, 4.69) is 0 Å². The first-order valence-electron chi connectivity index (χ1n) is 9.43. The van der Waals surface area contributed by atoms with Gasteiger partial charge in [0.2, 0.25) is 11.6 Å². The Bertz CT molecular complexity index is 985. The molecular weight excluding hydrogens is 372 g/mol. The van der Waals surface area contributed by atoms with E-state index >= 15 is 0 Å². The standard InChI is InChI=1S/C23H22O6/c1-5-13(2)16-10-11-20(28-14(3)24)19(12-16)23(29-15(4)25)21(26)17-8-6-7-9-18(17)22(23)27/h6-13H,5H2,1-4H3. The molecule has 0 heterocycles. The molecule has 0 aromatic heterocycles. The number of hydrogen-bond acceptors (Lipinski definition) is 6. The quantitative estimate of drug-likeness (QED) is 0.433. The van der Waals surface area contributed by atoms with Crippen LogP contribution in [0.5, 0.6) is 5.75 Å². The summed E-state index contributed by atoms with van der Waals surface area (Å²) in [6.45, 7) is 6.36. The van der Waals surface area contributed by atoms with Gasteiger partial charge in [0.1, 0.15) is 5.75 Å². The molecule has 2 aromatic carbocycles. The minimum Gasteiger partial charge on any atom is -0.437 e. The number of hydrogen-bond donors (Lipinski definition) is 0. The number of rotatable bonds is 5. The van der Waals surface area contributed by atoms with Gasteiger partial charge in [0.15, 0.2) is 0 Å². The van der Waals surface area contributed by atoms with Gasteiger partial charge < -0.3 is 9.47 Å². The van der Waals surface area contributed by atoms with Crippen LogP contribution in [0, 0.1) is 0 Å². The Kier molecular flexibility index (Phi) is 5.38. The summed E-state index contributed by atoms with van der Waals surface area (Å²) in [4.78, 5) is 50.5. The van der Waals surface area contributed by atoms with Gasteiger partial charge in [0, 0.05) is 25.0 Å². The van der Waals surface area contributed by atoms with Gasteiger partial charge >= 0.3 is 11.9 Å². The van der Waals surface area contributed by atoms with Crippen LogP contribution in [-0.4, -0.2) is 23.5 Å². The lowest BCUT2D eigenvalue weighted by Crippen LogP contribution is -2.43. The third-order valence-electron chi connectivity index (χ3n) is 5.17. The SMILES string of the molecule is CCC(C)c1ccc(OC(C)=O)c(C2(OC(C)=O)C(=O)c3ccccc3C2=O)c1. The number of ether oxygens (including phenoxy) is 2. The molecule has 0 bridgehead atoms. The predicted octanol–water partition coefficient (Wildman–Crippen LogP) is 3.96. The van der Waals surface area contributed by atoms with Crippen molar-refractivity contribution in [3.63, 3.8) is 0 Å². The van der Waals surface area contributed by atoms with Crippen molar-refractivity contribution in [3.8, 4) is 5.75 Å². The van der Waals surface area contributed by atoms with Crippen molar-refractivity contribution in [1.82, 2.24) is 0 Å². The van der Waals surface area contributed by atoms with E-state index in [1.807, 2.05) is 13.8 Å². The minimum absolute atomic E-state index is 0.0142. The number of fused-ring (bicyclic) bond motifs is 1. The maximum atomic E-state index is 13.4. The second kappa shape index (κ2) is 7.62. The van der Waals surface area contributed by atoms with Crippen LogP contribution in [0.25, 0.3) is 0 Å². The Hall–Kier alpha value is -3.28. The van der Waals surface area contributed by atoms with Gasteiger partial charge in [-0.15, -0.1) is 0 Å². The highest BCUT2D eigenvalue weighted by Crippen LogP contribution is 2.45.